The van der Waals surface area contributed by atoms with Crippen LogP contribution in [0.25, 0.3) is 0 Å². The fourth-order valence-corrected chi connectivity index (χ4v) is 2.31. The third kappa shape index (κ3) is 7.74. The van der Waals surface area contributed by atoms with E-state index in [1.807, 2.05) is 0 Å². The van der Waals surface area contributed by atoms with E-state index in [9.17, 15) is 5.11 Å². The predicted molar refractivity (Wildman–Crippen MR) is 71.2 cm³/mol. The van der Waals surface area contributed by atoms with Crippen molar-refractivity contribution in [3.63, 3.8) is 0 Å². The highest BCUT2D eigenvalue weighted by atomic mass is 16.5. The summed E-state index contributed by atoms with van der Waals surface area (Å²) < 4.78 is 5.67. The molecule has 0 radical (unpaired) electrons. The van der Waals surface area contributed by atoms with Crippen LogP contribution < -0.4 is 5.32 Å². The molecule has 0 aromatic heterocycles. The van der Waals surface area contributed by atoms with Crippen LogP contribution in [0.15, 0.2) is 0 Å². The Bertz CT molecular complexity index is 170. The largest absolute Gasteiger partial charge is 0.389 e. The lowest BCUT2D eigenvalue weighted by Gasteiger charge is -2.16. The minimum absolute atomic E-state index is 0.346. The number of rotatable bonds is 10. The van der Waals surface area contributed by atoms with E-state index in [0.717, 1.165) is 6.54 Å². The Morgan fingerprint density at radius 2 is 2.00 bits per heavy atom. The Balaban J connectivity index is 1.85. The zero-order valence-corrected chi connectivity index (χ0v) is 11.3. The van der Waals surface area contributed by atoms with Crippen molar-refractivity contribution < 1.29 is 9.84 Å². The number of aliphatic hydroxyl groups is 1. The molecule has 0 spiro atoms. The molecule has 1 rings (SSSR count). The molecule has 0 aromatic rings. The van der Waals surface area contributed by atoms with E-state index in [1.54, 1.807) is 0 Å². The molecule has 0 saturated heterocycles. The molecule has 1 aliphatic rings. The Hall–Kier alpha value is -0.120. The molecule has 3 heteroatoms. The van der Waals surface area contributed by atoms with Gasteiger partial charge in [-0.25, -0.2) is 0 Å². The fraction of sp³-hybridized carbons (Fsp3) is 1.00. The van der Waals surface area contributed by atoms with Crippen LogP contribution in [0.3, 0.4) is 0 Å². The average Bonchev–Trinajstić information content (AvgIpc) is 2.84. The molecule has 1 aliphatic carbocycles. The molecule has 0 bridgehead atoms. The van der Waals surface area contributed by atoms with Crippen LogP contribution >= 0.6 is 0 Å². The number of hydrogen-bond acceptors (Lipinski definition) is 3. The normalized spacial score (nSPS) is 18.7. The zero-order valence-electron chi connectivity index (χ0n) is 11.3. The fourth-order valence-electron chi connectivity index (χ4n) is 2.31. The smallest absolute Gasteiger partial charge is 0.0897 e. The first-order valence-electron chi connectivity index (χ1n) is 7.33. The van der Waals surface area contributed by atoms with Crippen LogP contribution in [0.5, 0.6) is 0 Å². The highest BCUT2D eigenvalue weighted by Gasteiger charge is 2.16. The SMILES string of the molecule is CCCCCCNC[C@@H](O)COC1CCCC1. The standard InChI is InChI=1S/C14H29NO2/c1-2-3-4-7-10-15-11-13(16)12-17-14-8-5-6-9-14/h13-16H,2-12H2,1H3/t13-/m1/s1. The summed E-state index contributed by atoms with van der Waals surface area (Å²) in [7, 11) is 0. The maximum absolute atomic E-state index is 9.72. The summed E-state index contributed by atoms with van der Waals surface area (Å²) >= 11 is 0. The van der Waals surface area contributed by atoms with Gasteiger partial charge in [0.1, 0.15) is 0 Å². The van der Waals surface area contributed by atoms with Crippen LogP contribution in [0.2, 0.25) is 0 Å². The summed E-state index contributed by atoms with van der Waals surface area (Å²) in [4.78, 5) is 0. The van der Waals surface area contributed by atoms with Crippen molar-refractivity contribution in [1.29, 1.82) is 0 Å². The van der Waals surface area contributed by atoms with Gasteiger partial charge in [0.2, 0.25) is 0 Å². The van der Waals surface area contributed by atoms with Crippen LogP contribution in [0, 0.1) is 0 Å². The van der Waals surface area contributed by atoms with Crippen LogP contribution in [-0.2, 0) is 4.74 Å². The summed E-state index contributed by atoms with van der Waals surface area (Å²) in [6.45, 7) is 4.39. The van der Waals surface area contributed by atoms with E-state index in [2.05, 4.69) is 12.2 Å². The molecule has 0 aliphatic heterocycles. The molecule has 1 saturated carbocycles. The third-order valence-corrected chi connectivity index (χ3v) is 3.41. The number of ether oxygens (including phenoxy) is 1. The van der Waals surface area contributed by atoms with Gasteiger partial charge in [-0.15, -0.1) is 0 Å². The van der Waals surface area contributed by atoms with Crippen molar-refractivity contribution >= 4 is 0 Å². The first-order chi connectivity index (χ1) is 8.33. The summed E-state index contributed by atoms with van der Waals surface area (Å²) in [6.07, 6.45) is 10.1. The maximum atomic E-state index is 9.72. The highest BCUT2D eigenvalue weighted by molar-refractivity contribution is 4.68. The van der Waals surface area contributed by atoms with Crippen LogP contribution in [-0.4, -0.2) is 37.0 Å². The highest BCUT2D eigenvalue weighted by Crippen LogP contribution is 2.20. The number of hydrogen-bond donors (Lipinski definition) is 2. The van der Waals surface area contributed by atoms with E-state index in [0.29, 0.717) is 19.3 Å². The lowest BCUT2D eigenvalue weighted by Crippen LogP contribution is -2.32. The van der Waals surface area contributed by atoms with Gasteiger partial charge in [-0.1, -0.05) is 39.0 Å². The molecule has 0 heterocycles. The molecule has 2 N–H and O–H groups in total. The van der Waals surface area contributed by atoms with Crippen molar-refractivity contribution in [3.05, 3.63) is 0 Å². The molecule has 17 heavy (non-hydrogen) atoms. The minimum atomic E-state index is -0.346. The van der Waals surface area contributed by atoms with Crippen molar-refractivity contribution in [2.24, 2.45) is 0 Å². The number of unbranched alkanes of at least 4 members (excludes halogenated alkanes) is 3. The first-order valence-corrected chi connectivity index (χ1v) is 7.33. The van der Waals surface area contributed by atoms with Gasteiger partial charge in [-0.2, -0.15) is 0 Å². The average molecular weight is 243 g/mol. The van der Waals surface area contributed by atoms with Crippen molar-refractivity contribution in [1.82, 2.24) is 5.32 Å². The molecule has 1 fully saturated rings. The topological polar surface area (TPSA) is 41.5 Å². The van der Waals surface area contributed by atoms with Crippen molar-refractivity contribution in [2.45, 2.75) is 70.5 Å². The van der Waals surface area contributed by atoms with Crippen LogP contribution in [0.1, 0.15) is 58.3 Å². The first kappa shape index (κ1) is 14.9. The number of aliphatic hydroxyl groups excluding tert-OH is 1. The van der Waals surface area contributed by atoms with Crippen molar-refractivity contribution in [2.75, 3.05) is 19.7 Å². The Labute approximate surface area is 106 Å². The van der Waals surface area contributed by atoms with E-state index < -0.39 is 0 Å². The molecular formula is C14H29NO2. The quantitative estimate of drug-likeness (QED) is 0.579. The van der Waals surface area contributed by atoms with Crippen LogP contribution in [0.4, 0.5) is 0 Å². The Morgan fingerprint density at radius 3 is 2.71 bits per heavy atom. The molecule has 3 nitrogen and oxygen atoms in total. The van der Waals surface area contributed by atoms with Gasteiger partial charge in [0.05, 0.1) is 18.8 Å². The zero-order chi connectivity index (χ0) is 12.3. The van der Waals surface area contributed by atoms with E-state index in [4.69, 9.17) is 4.74 Å². The molecule has 102 valence electrons. The van der Waals surface area contributed by atoms with Gasteiger partial charge in [0, 0.05) is 6.54 Å². The van der Waals surface area contributed by atoms with Gasteiger partial charge < -0.3 is 15.2 Å². The molecule has 0 amide bonds. The summed E-state index contributed by atoms with van der Waals surface area (Å²) in [5.41, 5.74) is 0. The predicted octanol–water partition coefficient (Wildman–Crippen LogP) is 2.48. The Kier molecular flexibility index (Phi) is 8.67. The molecule has 0 aromatic carbocycles. The van der Waals surface area contributed by atoms with Crippen molar-refractivity contribution in [3.8, 4) is 0 Å². The van der Waals surface area contributed by atoms with Gasteiger partial charge in [0.25, 0.3) is 0 Å². The minimum Gasteiger partial charge on any atom is -0.389 e. The van der Waals surface area contributed by atoms with E-state index in [1.165, 1.54) is 51.4 Å². The van der Waals surface area contributed by atoms with Gasteiger partial charge in [-0.05, 0) is 25.8 Å². The monoisotopic (exact) mass is 243 g/mol. The van der Waals surface area contributed by atoms with Gasteiger partial charge >= 0.3 is 0 Å². The molecular weight excluding hydrogens is 214 g/mol. The lowest BCUT2D eigenvalue weighted by atomic mass is 10.2. The lowest BCUT2D eigenvalue weighted by molar-refractivity contribution is -0.00535. The Morgan fingerprint density at radius 1 is 1.24 bits per heavy atom. The molecule has 0 unspecified atom stereocenters. The number of nitrogens with one attached hydrogen (secondary N) is 1. The van der Waals surface area contributed by atoms with Gasteiger partial charge in [0.15, 0.2) is 0 Å². The summed E-state index contributed by atoms with van der Waals surface area (Å²) in [5.74, 6) is 0. The molecule has 1 atom stereocenters. The third-order valence-electron chi connectivity index (χ3n) is 3.41. The summed E-state index contributed by atoms with van der Waals surface area (Å²) in [6, 6.07) is 0. The maximum Gasteiger partial charge on any atom is 0.0897 e. The second kappa shape index (κ2) is 9.86. The van der Waals surface area contributed by atoms with E-state index in [-0.39, 0.29) is 6.10 Å². The van der Waals surface area contributed by atoms with E-state index >= 15 is 0 Å². The summed E-state index contributed by atoms with van der Waals surface area (Å²) in [5, 5.41) is 13.0. The second-order valence-electron chi connectivity index (χ2n) is 5.16. The second-order valence-corrected chi connectivity index (χ2v) is 5.16. The van der Waals surface area contributed by atoms with Gasteiger partial charge in [-0.3, -0.25) is 0 Å².